The number of rotatable bonds is 10. The number of carbonyl (C=O) groups excluding carboxylic acids is 4. The van der Waals surface area contributed by atoms with Gasteiger partial charge in [-0.15, -0.1) is 0 Å². The molecule has 1 amide bonds. The molecule has 3 rings (SSSR count). The summed E-state index contributed by atoms with van der Waals surface area (Å²) in [6.07, 6.45) is -2.14. The molecule has 0 bridgehead atoms. The molecular weight excluding hydrogens is 486 g/mol. The van der Waals surface area contributed by atoms with Crippen molar-refractivity contribution >= 4 is 23.8 Å². The molecule has 5 atom stereocenters. The van der Waals surface area contributed by atoms with Crippen LogP contribution in [-0.2, 0) is 49.3 Å². The Kier molecular flexibility index (Phi) is 10.0. The van der Waals surface area contributed by atoms with Gasteiger partial charge in [-0.2, -0.15) is 0 Å². The Morgan fingerprint density at radius 1 is 0.973 bits per heavy atom. The molecule has 1 saturated heterocycles. The van der Waals surface area contributed by atoms with Crippen LogP contribution in [0.4, 0.5) is 0 Å². The zero-order valence-corrected chi connectivity index (χ0v) is 21.3. The number of benzene rings is 1. The molecule has 0 spiro atoms. The number of esters is 3. The van der Waals surface area contributed by atoms with E-state index in [-0.39, 0.29) is 19.1 Å². The molecule has 11 nitrogen and oxygen atoms in total. The lowest BCUT2D eigenvalue weighted by molar-refractivity contribution is -0.341. The summed E-state index contributed by atoms with van der Waals surface area (Å²) in [7, 11) is 0. The van der Waals surface area contributed by atoms with Crippen LogP contribution in [0.2, 0.25) is 0 Å². The van der Waals surface area contributed by atoms with Gasteiger partial charge in [-0.1, -0.05) is 43.2 Å². The Labute approximate surface area is 215 Å². The van der Waals surface area contributed by atoms with E-state index in [0.29, 0.717) is 0 Å². The van der Waals surface area contributed by atoms with Gasteiger partial charge in [-0.3, -0.25) is 19.2 Å². The lowest BCUT2D eigenvalue weighted by Crippen LogP contribution is -2.73. The molecule has 1 saturated carbocycles. The SMILES string of the molecule is CC(=O)OC[C@H]1O[C@H](OC2CCCC2)[C@@H](OC(C)=O)[C@](O)(CNC(=O)Cc2ccccc2)[C@H]1OC(C)=O. The number of hydrogen-bond acceptors (Lipinski definition) is 10. The van der Waals surface area contributed by atoms with Crippen LogP contribution in [0.1, 0.15) is 52.0 Å². The van der Waals surface area contributed by atoms with Gasteiger partial charge in [-0.25, -0.2) is 0 Å². The summed E-state index contributed by atoms with van der Waals surface area (Å²) >= 11 is 0. The largest absolute Gasteiger partial charge is 0.463 e. The average molecular weight is 522 g/mol. The maximum atomic E-state index is 12.7. The lowest BCUT2D eigenvalue weighted by Gasteiger charge is -2.50. The first-order valence-electron chi connectivity index (χ1n) is 12.4. The highest BCUT2D eigenvalue weighted by molar-refractivity contribution is 5.78. The Bertz CT molecular complexity index is 948. The van der Waals surface area contributed by atoms with Crippen molar-refractivity contribution in [2.75, 3.05) is 13.2 Å². The molecule has 0 aromatic heterocycles. The highest BCUT2D eigenvalue weighted by Gasteiger charge is 2.61. The molecule has 204 valence electrons. The molecule has 2 N–H and O–H groups in total. The number of carbonyl (C=O) groups is 4. The van der Waals surface area contributed by atoms with Gasteiger partial charge >= 0.3 is 17.9 Å². The van der Waals surface area contributed by atoms with Gasteiger partial charge in [0.15, 0.2) is 24.1 Å². The van der Waals surface area contributed by atoms with E-state index in [9.17, 15) is 24.3 Å². The minimum absolute atomic E-state index is 0.0305. The van der Waals surface area contributed by atoms with Gasteiger partial charge in [0.1, 0.15) is 12.7 Å². The normalized spacial score (nSPS) is 27.8. The fourth-order valence-electron chi connectivity index (χ4n) is 4.66. The van der Waals surface area contributed by atoms with Gasteiger partial charge in [0.2, 0.25) is 5.91 Å². The summed E-state index contributed by atoms with van der Waals surface area (Å²) in [5.74, 6) is -2.52. The third-order valence-corrected chi connectivity index (χ3v) is 6.32. The molecule has 1 aromatic rings. The molecule has 1 aliphatic carbocycles. The first-order chi connectivity index (χ1) is 17.6. The van der Waals surface area contributed by atoms with Crippen molar-refractivity contribution in [1.82, 2.24) is 5.32 Å². The van der Waals surface area contributed by atoms with Crippen molar-refractivity contribution in [2.24, 2.45) is 0 Å². The van der Waals surface area contributed by atoms with Crippen LogP contribution >= 0.6 is 0 Å². The van der Waals surface area contributed by atoms with Crippen molar-refractivity contribution in [2.45, 2.75) is 89.2 Å². The van der Waals surface area contributed by atoms with Crippen molar-refractivity contribution < 1.29 is 48.0 Å². The van der Waals surface area contributed by atoms with Crippen molar-refractivity contribution in [3.63, 3.8) is 0 Å². The molecule has 0 radical (unpaired) electrons. The zero-order chi connectivity index (χ0) is 27.0. The van der Waals surface area contributed by atoms with Gasteiger partial charge in [0.25, 0.3) is 0 Å². The quantitative estimate of drug-likeness (QED) is 0.340. The van der Waals surface area contributed by atoms with Crippen LogP contribution in [0.15, 0.2) is 30.3 Å². The van der Waals surface area contributed by atoms with Gasteiger partial charge in [0.05, 0.1) is 19.1 Å². The minimum Gasteiger partial charge on any atom is -0.463 e. The van der Waals surface area contributed by atoms with Crippen molar-refractivity contribution in [3.05, 3.63) is 35.9 Å². The van der Waals surface area contributed by atoms with Gasteiger partial charge in [-0.05, 0) is 18.4 Å². The standard InChI is InChI=1S/C26H35NO10/c1-16(28)33-14-21-23(34-17(2)29)26(32,15-27-22(31)13-19-9-5-4-6-10-19)24(35-18(3)30)25(37-21)36-20-11-7-8-12-20/h4-6,9-10,20-21,23-25,32H,7-8,11-15H2,1-3H3,(H,27,31)/t21-,23+,24-,25+,26+/m1/s1. The van der Waals surface area contributed by atoms with E-state index in [2.05, 4.69) is 5.32 Å². The number of amides is 1. The van der Waals surface area contributed by atoms with Crippen LogP contribution in [-0.4, -0.2) is 78.4 Å². The third-order valence-electron chi connectivity index (χ3n) is 6.32. The van der Waals surface area contributed by atoms with E-state index < -0.39 is 60.6 Å². The van der Waals surface area contributed by atoms with Crippen LogP contribution in [0.25, 0.3) is 0 Å². The van der Waals surface area contributed by atoms with E-state index in [0.717, 1.165) is 45.1 Å². The predicted octanol–water partition coefficient (Wildman–Crippen LogP) is 1.19. The molecule has 11 heteroatoms. The predicted molar refractivity (Wildman–Crippen MR) is 128 cm³/mol. The van der Waals surface area contributed by atoms with Gasteiger partial charge in [0, 0.05) is 20.8 Å². The Balaban J connectivity index is 1.92. The first-order valence-corrected chi connectivity index (χ1v) is 12.4. The summed E-state index contributed by atoms with van der Waals surface area (Å²) in [4.78, 5) is 48.4. The summed E-state index contributed by atoms with van der Waals surface area (Å²) in [6.45, 7) is 2.67. The monoisotopic (exact) mass is 521 g/mol. The second-order valence-electron chi connectivity index (χ2n) is 9.38. The second-order valence-corrected chi connectivity index (χ2v) is 9.38. The number of hydrogen-bond donors (Lipinski definition) is 2. The molecule has 37 heavy (non-hydrogen) atoms. The second kappa shape index (κ2) is 13.0. The lowest BCUT2D eigenvalue weighted by atomic mass is 9.83. The maximum Gasteiger partial charge on any atom is 0.303 e. The van der Waals surface area contributed by atoms with Crippen LogP contribution < -0.4 is 5.32 Å². The molecule has 1 aliphatic heterocycles. The van der Waals surface area contributed by atoms with Gasteiger partial charge < -0.3 is 34.1 Å². The van der Waals surface area contributed by atoms with E-state index in [1.165, 1.54) is 6.92 Å². The van der Waals surface area contributed by atoms with E-state index in [1.54, 1.807) is 24.3 Å². The van der Waals surface area contributed by atoms with Crippen LogP contribution in [0, 0.1) is 0 Å². The van der Waals surface area contributed by atoms with Crippen LogP contribution in [0.3, 0.4) is 0 Å². The topological polar surface area (TPSA) is 147 Å². The summed E-state index contributed by atoms with van der Waals surface area (Å²) in [5, 5.41) is 14.7. The van der Waals surface area contributed by atoms with Crippen molar-refractivity contribution in [1.29, 1.82) is 0 Å². The number of aliphatic hydroxyl groups is 1. The molecule has 2 fully saturated rings. The van der Waals surface area contributed by atoms with Crippen molar-refractivity contribution in [3.8, 4) is 0 Å². The highest BCUT2D eigenvalue weighted by Crippen LogP contribution is 2.37. The first kappa shape index (κ1) is 28.5. The Morgan fingerprint density at radius 3 is 2.19 bits per heavy atom. The fourth-order valence-corrected chi connectivity index (χ4v) is 4.66. The van der Waals surface area contributed by atoms with Crippen LogP contribution in [0.5, 0.6) is 0 Å². The number of nitrogens with one attached hydrogen (secondary N) is 1. The Morgan fingerprint density at radius 2 is 1.59 bits per heavy atom. The zero-order valence-electron chi connectivity index (χ0n) is 21.3. The Hall–Kier alpha value is -3.02. The van der Waals surface area contributed by atoms with E-state index >= 15 is 0 Å². The average Bonchev–Trinajstić information content (AvgIpc) is 3.34. The molecule has 2 aliphatic rings. The summed E-state index contributed by atoms with van der Waals surface area (Å²) < 4.78 is 28.1. The molecule has 1 aromatic carbocycles. The fraction of sp³-hybridized carbons (Fsp3) is 0.615. The molecular formula is C26H35NO10. The minimum atomic E-state index is -2.17. The smallest absolute Gasteiger partial charge is 0.303 e. The summed E-state index contributed by atoms with van der Waals surface area (Å²) in [5.41, 5.74) is -1.42. The molecule has 1 heterocycles. The highest BCUT2D eigenvalue weighted by atomic mass is 16.7. The summed E-state index contributed by atoms with van der Waals surface area (Å²) in [6, 6.07) is 8.99. The molecule has 0 unspecified atom stereocenters. The third kappa shape index (κ3) is 7.98. The van der Waals surface area contributed by atoms with E-state index in [4.69, 9.17) is 23.7 Å². The number of ether oxygens (including phenoxy) is 5. The maximum absolute atomic E-state index is 12.7. The van der Waals surface area contributed by atoms with E-state index in [1.807, 2.05) is 6.07 Å².